The van der Waals surface area contributed by atoms with E-state index in [0.717, 1.165) is 64.0 Å². The number of nitrogens with zero attached hydrogens (tertiary/aromatic N) is 3. The van der Waals surface area contributed by atoms with Crippen molar-refractivity contribution in [2.75, 3.05) is 44.3 Å². The zero-order valence-corrected chi connectivity index (χ0v) is 17.6. The van der Waals surface area contributed by atoms with E-state index >= 15 is 0 Å². The molecule has 1 aromatic heterocycles. The minimum absolute atomic E-state index is 0.0850. The minimum atomic E-state index is -0.171. The fourth-order valence-corrected chi connectivity index (χ4v) is 5.54. The molecule has 1 unspecified atom stereocenters. The molecule has 154 valence electrons. The lowest BCUT2D eigenvalue weighted by molar-refractivity contribution is 0.0626. The van der Waals surface area contributed by atoms with Crippen LogP contribution in [0.5, 0.6) is 0 Å². The molecule has 3 aliphatic heterocycles. The third-order valence-corrected chi connectivity index (χ3v) is 7.27. The van der Waals surface area contributed by atoms with E-state index in [1.165, 1.54) is 11.5 Å². The van der Waals surface area contributed by atoms with Gasteiger partial charge in [0.15, 0.2) is 0 Å². The first kappa shape index (κ1) is 20.0. The van der Waals surface area contributed by atoms with Crippen molar-refractivity contribution in [2.24, 2.45) is 0 Å². The van der Waals surface area contributed by atoms with Crippen LogP contribution in [0.3, 0.4) is 0 Å². The maximum absolute atomic E-state index is 13.2. The molecule has 4 rings (SSSR count). The molecule has 6 nitrogen and oxygen atoms in total. The number of hydrogen-bond donors (Lipinski definition) is 0. The average molecular weight is 406 g/mol. The summed E-state index contributed by atoms with van der Waals surface area (Å²) in [4.78, 5) is 30.7. The van der Waals surface area contributed by atoms with Gasteiger partial charge >= 0.3 is 0 Å². The maximum Gasteiger partial charge on any atom is 0.263 e. The number of amides is 1. The zero-order valence-electron chi connectivity index (χ0n) is 16.8. The largest absolute Gasteiger partial charge is 0.376 e. The Labute approximate surface area is 171 Å². The van der Waals surface area contributed by atoms with Crippen molar-refractivity contribution < 1.29 is 9.53 Å². The SMILES string of the molecule is Cc1ccn(CC2CCCO2)c(=O)c1C(=O)N1CCC(N2CCSCC2)CC1. The molecule has 1 atom stereocenters. The van der Waals surface area contributed by atoms with E-state index in [1.807, 2.05) is 29.7 Å². The fraction of sp³-hybridized carbons (Fsp3) is 0.714. The maximum atomic E-state index is 13.2. The number of rotatable bonds is 4. The minimum Gasteiger partial charge on any atom is -0.376 e. The number of pyridine rings is 1. The molecule has 28 heavy (non-hydrogen) atoms. The van der Waals surface area contributed by atoms with Crippen LogP contribution >= 0.6 is 11.8 Å². The van der Waals surface area contributed by atoms with Crippen molar-refractivity contribution in [2.45, 2.75) is 51.3 Å². The summed E-state index contributed by atoms with van der Waals surface area (Å²) in [6.45, 7) is 6.97. The molecule has 7 heteroatoms. The van der Waals surface area contributed by atoms with Crippen LogP contribution < -0.4 is 5.56 Å². The fourth-order valence-electron chi connectivity index (χ4n) is 4.61. The van der Waals surface area contributed by atoms with E-state index in [-0.39, 0.29) is 17.6 Å². The lowest BCUT2D eigenvalue weighted by atomic mass is 10.0. The summed E-state index contributed by atoms with van der Waals surface area (Å²) in [5.41, 5.74) is 0.942. The number of thioether (sulfide) groups is 1. The van der Waals surface area contributed by atoms with Crippen LogP contribution in [-0.4, -0.2) is 76.7 Å². The van der Waals surface area contributed by atoms with Crippen LogP contribution in [0.25, 0.3) is 0 Å². The highest BCUT2D eigenvalue weighted by Crippen LogP contribution is 2.22. The first-order chi connectivity index (χ1) is 13.6. The van der Waals surface area contributed by atoms with Gasteiger partial charge in [0.05, 0.1) is 12.6 Å². The molecule has 0 saturated carbocycles. The molecule has 3 aliphatic rings. The van der Waals surface area contributed by atoms with Gasteiger partial charge in [0.25, 0.3) is 11.5 Å². The molecule has 3 fully saturated rings. The average Bonchev–Trinajstić information content (AvgIpc) is 3.24. The van der Waals surface area contributed by atoms with Crippen molar-refractivity contribution in [3.05, 3.63) is 33.7 Å². The lowest BCUT2D eigenvalue weighted by Crippen LogP contribution is -2.50. The summed E-state index contributed by atoms with van der Waals surface area (Å²) < 4.78 is 7.33. The van der Waals surface area contributed by atoms with Gasteiger partial charge in [-0.2, -0.15) is 11.8 Å². The summed E-state index contributed by atoms with van der Waals surface area (Å²) in [5.74, 6) is 2.33. The van der Waals surface area contributed by atoms with Crippen molar-refractivity contribution in [3.63, 3.8) is 0 Å². The summed E-state index contributed by atoms with van der Waals surface area (Å²) in [6, 6.07) is 2.47. The molecule has 1 aromatic rings. The Hall–Kier alpha value is -1.31. The number of likely N-dealkylation sites (tertiary alicyclic amines) is 1. The van der Waals surface area contributed by atoms with E-state index < -0.39 is 0 Å². The third kappa shape index (κ3) is 4.31. The molecule has 4 heterocycles. The monoisotopic (exact) mass is 405 g/mol. The zero-order chi connectivity index (χ0) is 19.5. The Morgan fingerprint density at radius 3 is 2.61 bits per heavy atom. The predicted octanol–water partition coefficient (Wildman–Crippen LogP) is 1.99. The number of piperidine rings is 1. The smallest absolute Gasteiger partial charge is 0.263 e. The molecular weight excluding hydrogens is 374 g/mol. The van der Waals surface area contributed by atoms with Crippen molar-refractivity contribution >= 4 is 17.7 Å². The van der Waals surface area contributed by atoms with Crippen LogP contribution in [-0.2, 0) is 11.3 Å². The second-order valence-electron chi connectivity index (χ2n) is 8.14. The van der Waals surface area contributed by atoms with Gasteiger partial charge in [-0.25, -0.2) is 0 Å². The van der Waals surface area contributed by atoms with E-state index in [4.69, 9.17) is 4.74 Å². The highest BCUT2D eigenvalue weighted by Gasteiger charge is 2.30. The van der Waals surface area contributed by atoms with E-state index in [1.54, 1.807) is 10.8 Å². The molecule has 0 radical (unpaired) electrons. The number of aryl methyl sites for hydroxylation is 1. The Morgan fingerprint density at radius 2 is 1.93 bits per heavy atom. The molecule has 0 spiro atoms. The van der Waals surface area contributed by atoms with Crippen LogP contribution in [0.2, 0.25) is 0 Å². The van der Waals surface area contributed by atoms with Crippen LogP contribution in [0.4, 0.5) is 0 Å². The van der Waals surface area contributed by atoms with E-state index in [9.17, 15) is 9.59 Å². The van der Waals surface area contributed by atoms with Gasteiger partial charge in [-0.15, -0.1) is 0 Å². The molecular formula is C21H31N3O3S. The van der Waals surface area contributed by atoms with Crippen LogP contribution in [0, 0.1) is 6.92 Å². The topological polar surface area (TPSA) is 54.8 Å². The van der Waals surface area contributed by atoms with Gasteiger partial charge in [0.2, 0.25) is 0 Å². The number of ether oxygens (including phenoxy) is 1. The molecule has 3 saturated heterocycles. The Bertz CT molecular complexity index is 746. The van der Waals surface area contributed by atoms with Crippen molar-refractivity contribution in [1.82, 2.24) is 14.4 Å². The van der Waals surface area contributed by atoms with Crippen molar-refractivity contribution in [1.29, 1.82) is 0 Å². The molecule has 0 aromatic carbocycles. The standard InChI is InChI=1S/C21H31N3O3S/c1-16-4-7-24(15-18-3-2-12-27-18)21(26)19(16)20(25)23-8-5-17(6-9-23)22-10-13-28-14-11-22/h4,7,17-18H,2-3,5-6,8-15H2,1H3. The normalized spacial score (nSPS) is 24.6. The third-order valence-electron chi connectivity index (χ3n) is 6.33. The summed E-state index contributed by atoms with van der Waals surface area (Å²) in [6.07, 6.45) is 5.92. The number of aromatic nitrogens is 1. The molecule has 0 aliphatic carbocycles. The van der Waals surface area contributed by atoms with Gasteiger partial charge in [0, 0.05) is 56.5 Å². The van der Waals surface area contributed by atoms with Crippen molar-refractivity contribution in [3.8, 4) is 0 Å². The van der Waals surface area contributed by atoms with E-state index in [0.29, 0.717) is 18.2 Å². The number of hydrogen-bond acceptors (Lipinski definition) is 5. The van der Waals surface area contributed by atoms with Crippen LogP contribution in [0.1, 0.15) is 41.6 Å². The Kier molecular flexibility index (Phi) is 6.43. The Morgan fingerprint density at radius 1 is 1.18 bits per heavy atom. The number of carbonyl (C=O) groups is 1. The molecule has 0 bridgehead atoms. The van der Waals surface area contributed by atoms with Gasteiger partial charge in [-0.05, 0) is 44.2 Å². The summed E-state index contributed by atoms with van der Waals surface area (Å²) in [5, 5.41) is 0. The number of carbonyl (C=O) groups excluding carboxylic acids is 1. The second-order valence-corrected chi connectivity index (χ2v) is 9.36. The molecule has 1 amide bonds. The second kappa shape index (κ2) is 9.01. The first-order valence-corrected chi connectivity index (χ1v) is 11.7. The van der Waals surface area contributed by atoms with Gasteiger partial charge in [0.1, 0.15) is 5.56 Å². The van der Waals surface area contributed by atoms with Gasteiger partial charge in [-0.1, -0.05) is 0 Å². The van der Waals surface area contributed by atoms with Gasteiger partial charge in [-0.3, -0.25) is 14.5 Å². The highest BCUT2D eigenvalue weighted by atomic mass is 32.2. The van der Waals surface area contributed by atoms with E-state index in [2.05, 4.69) is 4.90 Å². The summed E-state index contributed by atoms with van der Waals surface area (Å²) in [7, 11) is 0. The van der Waals surface area contributed by atoms with Gasteiger partial charge < -0.3 is 14.2 Å². The van der Waals surface area contributed by atoms with Crippen LogP contribution in [0.15, 0.2) is 17.1 Å². The quantitative estimate of drug-likeness (QED) is 0.767. The predicted molar refractivity (Wildman–Crippen MR) is 112 cm³/mol. The first-order valence-electron chi connectivity index (χ1n) is 10.6. The Balaban J connectivity index is 1.43. The lowest BCUT2D eigenvalue weighted by Gasteiger charge is -2.40. The molecule has 0 N–H and O–H groups in total. The highest BCUT2D eigenvalue weighted by molar-refractivity contribution is 7.99. The summed E-state index contributed by atoms with van der Waals surface area (Å²) >= 11 is 2.03.